The van der Waals surface area contributed by atoms with E-state index in [1.165, 1.54) is 10.4 Å². The van der Waals surface area contributed by atoms with Crippen molar-refractivity contribution < 1.29 is 4.79 Å². The number of anilines is 1. The van der Waals surface area contributed by atoms with Gasteiger partial charge in [0.2, 0.25) is 5.91 Å². The first-order chi connectivity index (χ1) is 11.8. The number of benzene rings is 1. The maximum absolute atomic E-state index is 12.5. The molecule has 0 unspecified atom stereocenters. The normalized spacial score (nSPS) is 13.2. The molecular formula is C18H23IN4OS. The Hall–Kier alpha value is -1.61. The Morgan fingerprint density at radius 2 is 2.08 bits per heavy atom. The number of aliphatic imine (C=N–C) groups is 1. The second kappa shape index (κ2) is 9.76. The smallest absolute Gasteiger partial charge is 0.248 e. The van der Waals surface area contributed by atoms with E-state index in [0.29, 0.717) is 12.5 Å². The molecule has 1 aromatic heterocycles. The summed E-state index contributed by atoms with van der Waals surface area (Å²) in [5.41, 5.74) is 2.26. The second-order valence-corrected chi connectivity index (χ2v) is 6.58. The lowest BCUT2D eigenvalue weighted by Gasteiger charge is -2.17. The minimum Gasteiger partial charge on any atom is -0.357 e. The summed E-state index contributed by atoms with van der Waals surface area (Å²) in [5.74, 6) is 0.708. The van der Waals surface area contributed by atoms with Crippen molar-refractivity contribution in [2.75, 3.05) is 24.5 Å². The zero-order valence-corrected chi connectivity index (χ0v) is 17.3. The molecule has 134 valence electrons. The third-order valence-electron chi connectivity index (χ3n) is 3.92. The third-order valence-corrected chi connectivity index (χ3v) is 4.79. The minimum absolute atomic E-state index is 0. The van der Waals surface area contributed by atoms with Crippen LogP contribution in [0.4, 0.5) is 5.69 Å². The van der Waals surface area contributed by atoms with Gasteiger partial charge in [-0.2, -0.15) is 0 Å². The number of thiophene rings is 1. The zero-order valence-electron chi connectivity index (χ0n) is 14.2. The molecule has 0 radical (unpaired) electrons. The monoisotopic (exact) mass is 470 g/mol. The largest absolute Gasteiger partial charge is 0.357 e. The molecule has 0 aliphatic carbocycles. The lowest BCUT2D eigenvalue weighted by Crippen LogP contribution is -2.38. The molecule has 0 bridgehead atoms. The van der Waals surface area contributed by atoms with Crippen LogP contribution in [0.5, 0.6) is 0 Å². The Bertz CT molecular complexity index is 718. The van der Waals surface area contributed by atoms with Crippen LogP contribution >= 0.6 is 35.3 Å². The van der Waals surface area contributed by atoms with Gasteiger partial charge in [-0.05, 0) is 36.4 Å². The van der Waals surface area contributed by atoms with E-state index in [2.05, 4.69) is 33.1 Å². The fourth-order valence-corrected chi connectivity index (χ4v) is 3.40. The lowest BCUT2D eigenvalue weighted by atomic mass is 10.2. The highest BCUT2D eigenvalue weighted by Crippen LogP contribution is 2.27. The van der Waals surface area contributed by atoms with Crippen LogP contribution in [0.15, 0.2) is 46.8 Å². The first-order valence-corrected chi connectivity index (χ1v) is 9.08. The van der Waals surface area contributed by atoms with Crippen LogP contribution in [0.2, 0.25) is 0 Å². The molecule has 1 aromatic carbocycles. The Morgan fingerprint density at radius 1 is 1.24 bits per heavy atom. The maximum Gasteiger partial charge on any atom is 0.248 e. The van der Waals surface area contributed by atoms with Crippen molar-refractivity contribution in [2.45, 2.75) is 19.9 Å². The van der Waals surface area contributed by atoms with E-state index in [4.69, 9.17) is 0 Å². The van der Waals surface area contributed by atoms with Crippen molar-refractivity contribution in [1.29, 1.82) is 0 Å². The van der Waals surface area contributed by atoms with Gasteiger partial charge >= 0.3 is 0 Å². The van der Waals surface area contributed by atoms with Crippen LogP contribution < -0.4 is 15.5 Å². The highest BCUT2D eigenvalue weighted by molar-refractivity contribution is 14.0. The van der Waals surface area contributed by atoms with E-state index in [-0.39, 0.29) is 36.4 Å². The predicted octanol–water partition coefficient (Wildman–Crippen LogP) is 3.01. The Kier molecular flexibility index (Phi) is 7.70. The minimum atomic E-state index is 0. The van der Waals surface area contributed by atoms with Crippen molar-refractivity contribution in [2.24, 2.45) is 4.99 Å². The molecule has 5 nitrogen and oxygen atoms in total. The lowest BCUT2D eigenvalue weighted by molar-refractivity contribution is -0.117. The third kappa shape index (κ3) is 5.18. The van der Waals surface area contributed by atoms with Crippen LogP contribution in [-0.4, -0.2) is 31.5 Å². The Balaban J connectivity index is 0.00000225. The Labute approximate surface area is 169 Å². The molecule has 0 fully saturated rings. The fourth-order valence-electron chi connectivity index (χ4n) is 2.76. The van der Waals surface area contributed by atoms with E-state index >= 15 is 0 Å². The number of carbonyl (C=O) groups excluding carboxylic acids is 1. The molecular weight excluding hydrogens is 447 g/mol. The summed E-state index contributed by atoms with van der Waals surface area (Å²) >= 11 is 1.70. The van der Waals surface area contributed by atoms with Crippen molar-refractivity contribution in [3.05, 3.63) is 52.2 Å². The number of guanidine groups is 1. The van der Waals surface area contributed by atoms with Crippen LogP contribution in [0.1, 0.15) is 17.4 Å². The van der Waals surface area contributed by atoms with Crippen molar-refractivity contribution >= 4 is 52.9 Å². The summed E-state index contributed by atoms with van der Waals surface area (Å²) < 4.78 is 0. The average molecular weight is 470 g/mol. The quantitative estimate of drug-likeness (QED) is 0.402. The highest BCUT2D eigenvalue weighted by atomic mass is 127. The summed E-state index contributed by atoms with van der Waals surface area (Å²) in [7, 11) is 0. The molecule has 0 saturated heterocycles. The van der Waals surface area contributed by atoms with Gasteiger partial charge in [-0.15, -0.1) is 35.3 Å². The molecule has 0 atom stereocenters. The van der Waals surface area contributed by atoms with Gasteiger partial charge in [0.25, 0.3) is 0 Å². The van der Waals surface area contributed by atoms with Crippen LogP contribution in [0.25, 0.3) is 0 Å². The van der Waals surface area contributed by atoms with Gasteiger partial charge in [0.1, 0.15) is 6.54 Å². The van der Waals surface area contributed by atoms with Gasteiger partial charge in [0.05, 0.1) is 6.54 Å². The number of fused-ring (bicyclic) bond motifs is 1. The fraction of sp³-hybridized carbons (Fsp3) is 0.333. The molecule has 1 aliphatic rings. The second-order valence-electron chi connectivity index (χ2n) is 5.55. The number of rotatable bonds is 5. The topological polar surface area (TPSA) is 56.7 Å². The van der Waals surface area contributed by atoms with Crippen LogP contribution in [0.3, 0.4) is 0 Å². The molecule has 0 saturated carbocycles. The van der Waals surface area contributed by atoms with Gasteiger partial charge < -0.3 is 15.5 Å². The van der Waals surface area contributed by atoms with Crippen LogP contribution in [0, 0.1) is 0 Å². The number of halogens is 1. The summed E-state index contributed by atoms with van der Waals surface area (Å²) in [6, 6.07) is 12.2. The van der Waals surface area contributed by atoms with Crippen molar-refractivity contribution in [1.82, 2.24) is 10.6 Å². The first-order valence-electron chi connectivity index (χ1n) is 8.20. The molecule has 3 rings (SSSR count). The van der Waals surface area contributed by atoms with Crippen molar-refractivity contribution in [3.8, 4) is 0 Å². The van der Waals surface area contributed by atoms with E-state index in [0.717, 1.165) is 25.2 Å². The van der Waals surface area contributed by atoms with Gasteiger partial charge in [-0.1, -0.05) is 24.3 Å². The summed E-state index contributed by atoms with van der Waals surface area (Å²) in [5, 5.41) is 8.50. The molecule has 1 amide bonds. The van der Waals surface area contributed by atoms with Crippen molar-refractivity contribution in [3.63, 3.8) is 0 Å². The molecule has 2 heterocycles. The van der Waals surface area contributed by atoms with E-state index in [1.807, 2.05) is 36.1 Å². The van der Waals surface area contributed by atoms with Gasteiger partial charge in [0, 0.05) is 23.7 Å². The Morgan fingerprint density at radius 3 is 2.84 bits per heavy atom. The molecule has 1 aliphatic heterocycles. The highest BCUT2D eigenvalue weighted by Gasteiger charge is 2.23. The number of nitrogens with one attached hydrogen (secondary N) is 2. The zero-order chi connectivity index (χ0) is 16.8. The number of nitrogens with zero attached hydrogens (tertiary/aromatic N) is 2. The SMILES string of the molecule is CCNC(=NCC(=O)N1CCc2ccccc21)NCc1cccs1.I. The van der Waals surface area contributed by atoms with E-state index in [1.54, 1.807) is 11.3 Å². The van der Waals surface area contributed by atoms with E-state index < -0.39 is 0 Å². The summed E-state index contributed by atoms with van der Waals surface area (Å²) in [4.78, 5) is 20.0. The van der Waals surface area contributed by atoms with Crippen LogP contribution in [-0.2, 0) is 17.8 Å². The standard InChI is InChI=1S/C18H22N4OS.HI/c1-2-19-18(20-12-15-7-5-11-24-15)21-13-17(23)22-10-9-14-6-3-4-8-16(14)22;/h3-8,11H,2,9-10,12-13H2,1H3,(H2,19,20,21);1H. The summed E-state index contributed by atoms with van der Waals surface area (Å²) in [6.07, 6.45) is 0.919. The number of amides is 1. The number of hydrogen-bond donors (Lipinski definition) is 2. The first kappa shape index (κ1) is 19.7. The summed E-state index contributed by atoms with van der Waals surface area (Å²) in [6.45, 7) is 4.38. The average Bonchev–Trinajstić information content (AvgIpc) is 3.26. The molecule has 7 heteroatoms. The molecule has 2 aromatic rings. The van der Waals surface area contributed by atoms with Gasteiger partial charge in [-0.3, -0.25) is 4.79 Å². The number of hydrogen-bond acceptors (Lipinski definition) is 3. The van der Waals surface area contributed by atoms with E-state index in [9.17, 15) is 4.79 Å². The number of para-hydroxylation sites is 1. The van der Waals surface area contributed by atoms with Gasteiger partial charge in [-0.25, -0.2) is 4.99 Å². The molecule has 25 heavy (non-hydrogen) atoms. The molecule has 0 spiro atoms. The van der Waals surface area contributed by atoms with Gasteiger partial charge in [0.15, 0.2) is 5.96 Å². The maximum atomic E-state index is 12.5. The predicted molar refractivity (Wildman–Crippen MR) is 115 cm³/mol. The number of carbonyl (C=O) groups is 1. The molecule has 2 N–H and O–H groups in total.